The SMILES string of the molecule is CCC(CC)C(=O)NCc1nc2ccccc2s1. The van der Waals surface area contributed by atoms with Gasteiger partial charge < -0.3 is 5.32 Å². The van der Waals surface area contributed by atoms with Gasteiger partial charge in [-0.2, -0.15) is 0 Å². The van der Waals surface area contributed by atoms with Gasteiger partial charge in [-0.15, -0.1) is 11.3 Å². The number of thiazole rings is 1. The van der Waals surface area contributed by atoms with Crippen LogP contribution in [0.4, 0.5) is 0 Å². The maximum Gasteiger partial charge on any atom is 0.223 e. The number of aromatic nitrogens is 1. The molecule has 0 spiro atoms. The molecule has 0 saturated heterocycles. The van der Waals surface area contributed by atoms with E-state index in [0.29, 0.717) is 6.54 Å². The van der Waals surface area contributed by atoms with Gasteiger partial charge >= 0.3 is 0 Å². The summed E-state index contributed by atoms with van der Waals surface area (Å²) in [5, 5.41) is 3.94. The summed E-state index contributed by atoms with van der Waals surface area (Å²) in [6.45, 7) is 4.63. The average molecular weight is 262 g/mol. The number of hydrogen-bond donors (Lipinski definition) is 1. The number of hydrogen-bond acceptors (Lipinski definition) is 3. The molecule has 1 heterocycles. The topological polar surface area (TPSA) is 42.0 Å². The van der Waals surface area contributed by atoms with Crippen molar-refractivity contribution in [2.24, 2.45) is 5.92 Å². The van der Waals surface area contributed by atoms with E-state index < -0.39 is 0 Å². The van der Waals surface area contributed by atoms with Crippen molar-refractivity contribution in [3.63, 3.8) is 0 Å². The van der Waals surface area contributed by atoms with Crippen molar-refractivity contribution >= 4 is 27.5 Å². The maximum atomic E-state index is 11.9. The van der Waals surface area contributed by atoms with Crippen molar-refractivity contribution < 1.29 is 4.79 Å². The molecule has 3 nitrogen and oxygen atoms in total. The van der Waals surface area contributed by atoms with E-state index in [2.05, 4.69) is 16.4 Å². The average Bonchev–Trinajstić information content (AvgIpc) is 2.80. The first-order valence-electron chi connectivity index (χ1n) is 6.36. The second-order valence-electron chi connectivity index (χ2n) is 4.31. The number of fused-ring (bicyclic) bond motifs is 1. The molecular weight excluding hydrogens is 244 g/mol. The lowest BCUT2D eigenvalue weighted by molar-refractivity contribution is -0.125. The van der Waals surface area contributed by atoms with Crippen molar-refractivity contribution in [3.05, 3.63) is 29.3 Å². The lowest BCUT2D eigenvalue weighted by atomic mass is 10.0. The summed E-state index contributed by atoms with van der Waals surface area (Å²) in [7, 11) is 0. The van der Waals surface area contributed by atoms with E-state index >= 15 is 0 Å². The molecule has 0 bridgehead atoms. The number of nitrogens with one attached hydrogen (secondary N) is 1. The highest BCUT2D eigenvalue weighted by atomic mass is 32.1. The predicted molar refractivity (Wildman–Crippen MR) is 75.5 cm³/mol. The van der Waals surface area contributed by atoms with Crippen molar-refractivity contribution in [1.29, 1.82) is 0 Å². The zero-order valence-corrected chi connectivity index (χ0v) is 11.6. The Balaban J connectivity index is 1.99. The van der Waals surface area contributed by atoms with Gasteiger partial charge in [-0.05, 0) is 25.0 Å². The van der Waals surface area contributed by atoms with Crippen LogP contribution in [0.1, 0.15) is 31.7 Å². The summed E-state index contributed by atoms with van der Waals surface area (Å²) in [6, 6.07) is 8.04. The molecule has 0 aliphatic rings. The first-order chi connectivity index (χ1) is 8.74. The van der Waals surface area contributed by atoms with Crippen LogP contribution < -0.4 is 5.32 Å². The van der Waals surface area contributed by atoms with Crippen molar-refractivity contribution in [3.8, 4) is 0 Å². The smallest absolute Gasteiger partial charge is 0.223 e. The third-order valence-corrected chi connectivity index (χ3v) is 4.14. The Bertz CT molecular complexity index is 498. The van der Waals surface area contributed by atoms with Gasteiger partial charge in [0.2, 0.25) is 5.91 Å². The third-order valence-electron chi connectivity index (χ3n) is 3.11. The van der Waals surface area contributed by atoms with Crippen LogP contribution in [0, 0.1) is 5.92 Å². The molecule has 0 aliphatic carbocycles. The zero-order chi connectivity index (χ0) is 13.0. The van der Waals surface area contributed by atoms with E-state index in [-0.39, 0.29) is 11.8 Å². The summed E-state index contributed by atoms with van der Waals surface area (Å²) >= 11 is 1.64. The van der Waals surface area contributed by atoms with Gasteiger partial charge in [0, 0.05) is 5.92 Å². The zero-order valence-electron chi connectivity index (χ0n) is 10.8. The van der Waals surface area contributed by atoms with Crippen LogP contribution in [0.3, 0.4) is 0 Å². The maximum absolute atomic E-state index is 11.9. The number of rotatable bonds is 5. The minimum atomic E-state index is 0.124. The molecule has 0 atom stereocenters. The van der Waals surface area contributed by atoms with Crippen molar-refractivity contribution in [2.45, 2.75) is 33.2 Å². The lowest BCUT2D eigenvalue weighted by Gasteiger charge is -2.11. The summed E-state index contributed by atoms with van der Waals surface area (Å²) in [5.41, 5.74) is 1.01. The number of amides is 1. The molecule has 0 fully saturated rings. The molecule has 2 rings (SSSR count). The van der Waals surface area contributed by atoms with Crippen molar-refractivity contribution in [1.82, 2.24) is 10.3 Å². The normalized spacial score (nSPS) is 11.1. The van der Waals surface area contributed by atoms with Crippen LogP contribution >= 0.6 is 11.3 Å². The fourth-order valence-electron chi connectivity index (χ4n) is 1.96. The molecule has 4 heteroatoms. The van der Waals surface area contributed by atoms with Crippen LogP contribution in [-0.2, 0) is 11.3 Å². The summed E-state index contributed by atoms with van der Waals surface area (Å²) in [4.78, 5) is 16.4. The molecule has 18 heavy (non-hydrogen) atoms. The number of benzene rings is 1. The number of carbonyl (C=O) groups excluding carboxylic acids is 1. The summed E-state index contributed by atoms with van der Waals surface area (Å²) in [6.07, 6.45) is 1.78. The molecule has 96 valence electrons. The standard InChI is InChI=1S/C14H18N2OS/c1-3-10(4-2)14(17)15-9-13-16-11-7-5-6-8-12(11)18-13/h5-8,10H,3-4,9H2,1-2H3,(H,15,17). The van der Waals surface area contributed by atoms with Gasteiger partial charge in [-0.1, -0.05) is 26.0 Å². The van der Waals surface area contributed by atoms with Gasteiger partial charge in [0.15, 0.2) is 0 Å². The molecule has 0 radical (unpaired) electrons. The van der Waals surface area contributed by atoms with Gasteiger partial charge in [-0.3, -0.25) is 4.79 Å². The van der Waals surface area contributed by atoms with E-state index in [1.807, 2.05) is 32.0 Å². The van der Waals surface area contributed by atoms with Gasteiger partial charge in [0.25, 0.3) is 0 Å². The predicted octanol–water partition coefficient (Wildman–Crippen LogP) is 3.35. The van der Waals surface area contributed by atoms with E-state index in [9.17, 15) is 4.79 Å². The highest BCUT2D eigenvalue weighted by Crippen LogP contribution is 2.21. The lowest BCUT2D eigenvalue weighted by Crippen LogP contribution is -2.29. The summed E-state index contributed by atoms with van der Waals surface area (Å²) in [5.74, 6) is 0.263. The molecule has 1 aromatic carbocycles. The minimum Gasteiger partial charge on any atom is -0.349 e. The van der Waals surface area contributed by atoms with E-state index in [1.165, 1.54) is 4.70 Å². The molecule has 0 aliphatic heterocycles. The Morgan fingerprint density at radius 3 is 2.72 bits per heavy atom. The van der Waals surface area contributed by atoms with E-state index in [4.69, 9.17) is 0 Å². The fraction of sp³-hybridized carbons (Fsp3) is 0.429. The van der Waals surface area contributed by atoms with E-state index in [1.54, 1.807) is 11.3 Å². The van der Waals surface area contributed by atoms with Crippen LogP contribution in [0.15, 0.2) is 24.3 Å². The fourth-order valence-corrected chi connectivity index (χ4v) is 2.87. The Morgan fingerprint density at radius 2 is 2.06 bits per heavy atom. The third kappa shape index (κ3) is 2.88. The monoisotopic (exact) mass is 262 g/mol. The quantitative estimate of drug-likeness (QED) is 0.898. The number of nitrogens with zero attached hydrogens (tertiary/aromatic N) is 1. The molecular formula is C14H18N2OS. The van der Waals surface area contributed by atoms with Gasteiger partial charge in [-0.25, -0.2) is 4.98 Å². The van der Waals surface area contributed by atoms with E-state index in [0.717, 1.165) is 23.4 Å². The van der Waals surface area contributed by atoms with Crippen LogP contribution in [0.2, 0.25) is 0 Å². The largest absolute Gasteiger partial charge is 0.349 e. The molecule has 2 aromatic rings. The first-order valence-corrected chi connectivity index (χ1v) is 7.18. The highest BCUT2D eigenvalue weighted by Gasteiger charge is 2.14. The first kappa shape index (κ1) is 13.0. The molecule has 0 saturated carbocycles. The van der Waals surface area contributed by atoms with Crippen molar-refractivity contribution in [2.75, 3.05) is 0 Å². The number of carbonyl (C=O) groups is 1. The van der Waals surface area contributed by atoms with Crippen LogP contribution in [0.25, 0.3) is 10.2 Å². The molecule has 1 amide bonds. The Kier molecular flexibility index (Phi) is 4.31. The number of para-hydroxylation sites is 1. The molecule has 1 N–H and O–H groups in total. The molecule has 1 aromatic heterocycles. The Morgan fingerprint density at radius 1 is 1.33 bits per heavy atom. The summed E-state index contributed by atoms with van der Waals surface area (Å²) < 4.78 is 1.17. The Labute approximate surface area is 111 Å². The Hall–Kier alpha value is -1.42. The highest BCUT2D eigenvalue weighted by molar-refractivity contribution is 7.18. The van der Waals surface area contributed by atoms with Crippen LogP contribution in [-0.4, -0.2) is 10.9 Å². The molecule has 0 unspecified atom stereocenters. The second kappa shape index (κ2) is 5.96. The minimum absolute atomic E-state index is 0.124. The second-order valence-corrected chi connectivity index (χ2v) is 5.42. The van der Waals surface area contributed by atoms with Gasteiger partial charge in [0.05, 0.1) is 16.8 Å². The van der Waals surface area contributed by atoms with Gasteiger partial charge in [0.1, 0.15) is 5.01 Å². The van der Waals surface area contributed by atoms with Crippen LogP contribution in [0.5, 0.6) is 0 Å².